The Balaban J connectivity index is 1.91. The summed E-state index contributed by atoms with van der Waals surface area (Å²) in [5.74, 6) is 1.25. The Morgan fingerprint density at radius 2 is 1.75 bits per heavy atom. The van der Waals surface area contributed by atoms with Crippen molar-refractivity contribution in [3.63, 3.8) is 0 Å². The molecule has 0 aliphatic carbocycles. The van der Waals surface area contributed by atoms with Crippen molar-refractivity contribution in [2.75, 3.05) is 4.72 Å². The molecule has 0 unspecified atom stereocenters. The molecule has 0 fully saturated rings. The summed E-state index contributed by atoms with van der Waals surface area (Å²) in [4.78, 5) is 4.69. The van der Waals surface area contributed by atoms with Gasteiger partial charge >= 0.3 is 0 Å². The van der Waals surface area contributed by atoms with Gasteiger partial charge in [0.15, 0.2) is 0 Å². The van der Waals surface area contributed by atoms with E-state index < -0.39 is 10.0 Å². The summed E-state index contributed by atoms with van der Waals surface area (Å²) in [5.41, 5.74) is 3.36. The van der Waals surface area contributed by atoms with Crippen LogP contribution in [-0.2, 0) is 17.1 Å². The predicted molar refractivity (Wildman–Crippen MR) is 96.8 cm³/mol. The normalized spacial score (nSPS) is 12.0. The summed E-state index contributed by atoms with van der Waals surface area (Å²) in [6.07, 6.45) is 0. The molecular weight excluding hydrogens is 322 g/mol. The molecule has 0 bridgehead atoms. The van der Waals surface area contributed by atoms with E-state index in [0.717, 1.165) is 22.4 Å². The van der Waals surface area contributed by atoms with Gasteiger partial charge in [0.05, 0.1) is 21.6 Å². The van der Waals surface area contributed by atoms with Crippen LogP contribution >= 0.6 is 0 Å². The number of fused-ring (bicyclic) bond motifs is 1. The number of rotatable bonds is 4. The standard InChI is InChI=1S/C18H21N3O2S/c1-12(2)14-5-8-16(9-6-14)24(22,23)20-15-7-10-18-17(11-15)19-13(3)21(18)4/h5-12,20H,1-4H3. The van der Waals surface area contributed by atoms with Crippen molar-refractivity contribution in [1.29, 1.82) is 0 Å². The molecule has 0 atom stereocenters. The van der Waals surface area contributed by atoms with E-state index in [1.807, 2.05) is 36.7 Å². The lowest BCUT2D eigenvalue weighted by Crippen LogP contribution is -2.13. The number of imidazole rings is 1. The Morgan fingerprint density at radius 3 is 2.38 bits per heavy atom. The monoisotopic (exact) mass is 343 g/mol. The Hall–Kier alpha value is -2.34. The van der Waals surface area contributed by atoms with E-state index in [4.69, 9.17) is 0 Å². The zero-order valence-electron chi connectivity index (χ0n) is 14.2. The van der Waals surface area contributed by atoms with Crippen molar-refractivity contribution >= 4 is 26.7 Å². The first kappa shape index (κ1) is 16.5. The van der Waals surface area contributed by atoms with Crippen LogP contribution in [0.3, 0.4) is 0 Å². The molecule has 126 valence electrons. The molecule has 0 amide bonds. The number of benzene rings is 2. The maximum Gasteiger partial charge on any atom is 0.261 e. The topological polar surface area (TPSA) is 64.0 Å². The van der Waals surface area contributed by atoms with Gasteiger partial charge in [0.1, 0.15) is 5.82 Å². The number of hydrogen-bond donors (Lipinski definition) is 1. The smallest absolute Gasteiger partial charge is 0.261 e. The first-order chi connectivity index (χ1) is 11.3. The van der Waals surface area contributed by atoms with Gasteiger partial charge in [0, 0.05) is 7.05 Å². The third-order valence-electron chi connectivity index (χ3n) is 4.21. The molecule has 0 radical (unpaired) electrons. The van der Waals surface area contributed by atoms with Crippen molar-refractivity contribution in [3.8, 4) is 0 Å². The van der Waals surface area contributed by atoms with Crippen LogP contribution < -0.4 is 4.72 Å². The number of sulfonamides is 1. The van der Waals surface area contributed by atoms with E-state index >= 15 is 0 Å². The highest BCUT2D eigenvalue weighted by molar-refractivity contribution is 7.92. The van der Waals surface area contributed by atoms with Gasteiger partial charge in [0.25, 0.3) is 10.0 Å². The van der Waals surface area contributed by atoms with Crippen LogP contribution in [0.1, 0.15) is 31.2 Å². The van der Waals surface area contributed by atoms with Crippen LogP contribution in [0, 0.1) is 6.92 Å². The lowest BCUT2D eigenvalue weighted by Gasteiger charge is -2.10. The van der Waals surface area contributed by atoms with Crippen LogP contribution in [0.15, 0.2) is 47.4 Å². The minimum atomic E-state index is -3.61. The van der Waals surface area contributed by atoms with E-state index in [1.165, 1.54) is 0 Å². The van der Waals surface area contributed by atoms with Gasteiger partial charge in [0.2, 0.25) is 0 Å². The van der Waals surface area contributed by atoms with Crippen LogP contribution in [0.25, 0.3) is 11.0 Å². The molecule has 0 saturated heterocycles. The number of nitrogens with one attached hydrogen (secondary N) is 1. The van der Waals surface area contributed by atoms with Gasteiger partial charge in [-0.1, -0.05) is 26.0 Å². The molecule has 2 aromatic carbocycles. The fourth-order valence-electron chi connectivity index (χ4n) is 2.63. The zero-order valence-corrected chi connectivity index (χ0v) is 15.1. The molecular formula is C18H21N3O2S. The summed E-state index contributed by atoms with van der Waals surface area (Å²) in [7, 11) is -1.68. The van der Waals surface area contributed by atoms with Gasteiger partial charge in [-0.25, -0.2) is 13.4 Å². The second-order valence-corrected chi connectivity index (χ2v) is 7.93. The predicted octanol–water partition coefficient (Wildman–Crippen LogP) is 3.81. The Bertz CT molecular complexity index is 987. The minimum absolute atomic E-state index is 0.254. The summed E-state index contributed by atoms with van der Waals surface area (Å²) in [6, 6.07) is 12.4. The number of hydrogen-bond acceptors (Lipinski definition) is 3. The fourth-order valence-corrected chi connectivity index (χ4v) is 3.68. The molecule has 0 aliphatic heterocycles. The molecule has 1 aromatic heterocycles. The quantitative estimate of drug-likeness (QED) is 0.783. The first-order valence-electron chi connectivity index (χ1n) is 7.84. The summed E-state index contributed by atoms with van der Waals surface area (Å²) in [6.45, 7) is 6.07. The Kier molecular flexibility index (Phi) is 4.09. The maximum absolute atomic E-state index is 12.6. The van der Waals surface area contributed by atoms with Crippen LogP contribution in [-0.4, -0.2) is 18.0 Å². The summed E-state index contributed by atoms with van der Waals surface area (Å²) < 4.78 is 29.7. The summed E-state index contributed by atoms with van der Waals surface area (Å²) >= 11 is 0. The van der Waals surface area contributed by atoms with Gasteiger partial charge in [-0.05, 0) is 48.7 Å². The van der Waals surface area contributed by atoms with Gasteiger partial charge in [-0.15, -0.1) is 0 Å². The lowest BCUT2D eigenvalue weighted by atomic mass is 10.0. The highest BCUT2D eigenvalue weighted by atomic mass is 32.2. The van der Waals surface area contributed by atoms with Gasteiger partial charge < -0.3 is 4.57 Å². The number of anilines is 1. The maximum atomic E-state index is 12.6. The number of aryl methyl sites for hydroxylation is 2. The second kappa shape index (κ2) is 5.94. The Morgan fingerprint density at radius 1 is 1.08 bits per heavy atom. The average molecular weight is 343 g/mol. The molecule has 0 aliphatic rings. The third-order valence-corrected chi connectivity index (χ3v) is 5.61. The molecule has 0 saturated carbocycles. The van der Waals surface area contributed by atoms with Crippen LogP contribution in [0.4, 0.5) is 5.69 Å². The van der Waals surface area contributed by atoms with Crippen molar-refractivity contribution < 1.29 is 8.42 Å². The van der Waals surface area contributed by atoms with Gasteiger partial charge in [-0.2, -0.15) is 0 Å². The van der Waals surface area contributed by atoms with Crippen molar-refractivity contribution in [3.05, 3.63) is 53.9 Å². The second-order valence-electron chi connectivity index (χ2n) is 6.25. The van der Waals surface area contributed by atoms with Crippen molar-refractivity contribution in [1.82, 2.24) is 9.55 Å². The molecule has 5 nitrogen and oxygen atoms in total. The molecule has 3 rings (SSSR count). The number of nitrogens with zero attached hydrogens (tertiary/aromatic N) is 2. The molecule has 0 spiro atoms. The zero-order chi connectivity index (χ0) is 17.5. The van der Waals surface area contributed by atoms with Crippen LogP contribution in [0.2, 0.25) is 0 Å². The van der Waals surface area contributed by atoms with E-state index in [9.17, 15) is 8.42 Å². The molecule has 1 N–H and O–H groups in total. The van der Waals surface area contributed by atoms with Crippen molar-refractivity contribution in [2.45, 2.75) is 31.6 Å². The largest absolute Gasteiger partial charge is 0.331 e. The Labute approximate surface area is 142 Å². The minimum Gasteiger partial charge on any atom is -0.331 e. The molecule has 24 heavy (non-hydrogen) atoms. The van der Waals surface area contributed by atoms with Gasteiger partial charge in [-0.3, -0.25) is 4.72 Å². The average Bonchev–Trinajstić information content (AvgIpc) is 2.81. The van der Waals surface area contributed by atoms with E-state index in [0.29, 0.717) is 11.6 Å². The lowest BCUT2D eigenvalue weighted by molar-refractivity contribution is 0.601. The fraction of sp³-hybridized carbons (Fsp3) is 0.278. The highest BCUT2D eigenvalue weighted by Crippen LogP contribution is 2.23. The van der Waals surface area contributed by atoms with E-state index in [-0.39, 0.29) is 4.90 Å². The van der Waals surface area contributed by atoms with E-state index in [1.54, 1.807) is 24.3 Å². The SMILES string of the molecule is Cc1nc2cc(NS(=O)(=O)c3ccc(C(C)C)cc3)ccc2n1C. The molecule has 1 heterocycles. The third kappa shape index (κ3) is 3.01. The highest BCUT2D eigenvalue weighted by Gasteiger charge is 2.15. The first-order valence-corrected chi connectivity index (χ1v) is 9.32. The van der Waals surface area contributed by atoms with E-state index in [2.05, 4.69) is 23.6 Å². The molecule has 6 heteroatoms. The number of aromatic nitrogens is 2. The van der Waals surface area contributed by atoms with Crippen molar-refractivity contribution in [2.24, 2.45) is 7.05 Å². The summed E-state index contributed by atoms with van der Waals surface area (Å²) in [5, 5.41) is 0. The van der Waals surface area contributed by atoms with Crippen LogP contribution in [0.5, 0.6) is 0 Å². The molecule has 3 aromatic rings.